The van der Waals surface area contributed by atoms with E-state index in [2.05, 4.69) is 0 Å². The average Bonchev–Trinajstić information content (AvgIpc) is 2.68. The molecule has 2 amide bonds. The van der Waals surface area contributed by atoms with Crippen molar-refractivity contribution in [3.63, 3.8) is 0 Å². The molecule has 0 unspecified atom stereocenters. The molecule has 0 aliphatic heterocycles. The largest absolute Gasteiger partial charge is 0.395 e. The molecule has 0 bridgehead atoms. The zero-order valence-electron chi connectivity index (χ0n) is 17.0. The summed E-state index contributed by atoms with van der Waals surface area (Å²) in [6.45, 7) is 0.575. The summed E-state index contributed by atoms with van der Waals surface area (Å²) in [5.74, 6) is -0.210. The van der Waals surface area contributed by atoms with Crippen LogP contribution in [-0.4, -0.2) is 94.6 Å². The van der Waals surface area contributed by atoms with Crippen molar-refractivity contribution in [3.05, 3.63) is 12.2 Å². The van der Waals surface area contributed by atoms with Crippen molar-refractivity contribution in [2.24, 2.45) is 0 Å². The van der Waals surface area contributed by atoms with E-state index in [0.29, 0.717) is 6.42 Å². The molecule has 0 aromatic carbocycles. The van der Waals surface area contributed by atoms with Gasteiger partial charge in [0, 0.05) is 32.6 Å². The second kappa shape index (κ2) is 18.9. The van der Waals surface area contributed by atoms with Gasteiger partial charge in [0.2, 0.25) is 11.8 Å². The molecule has 0 fully saturated rings. The summed E-state index contributed by atoms with van der Waals surface area (Å²) in [5.41, 5.74) is 0. The van der Waals surface area contributed by atoms with Crippen LogP contribution >= 0.6 is 0 Å². The highest BCUT2D eigenvalue weighted by Crippen LogP contribution is 2.10. The molecule has 28 heavy (non-hydrogen) atoms. The van der Waals surface area contributed by atoms with Crippen LogP contribution in [0, 0.1) is 0 Å². The Balaban J connectivity index is 3.73. The van der Waals surface area contributed by atoms with Crippen molar-refractivity contribution in [3.8, 4) is 0 Å². The standard InChI is InChI=1S/C20H38N2O6/c23-15-11-21(12-16-24)19(27)9-7-5-3-1-2-4-6-8-10-20(28)22(13-17-25)14-18-26/h7,9,23-26H,1-6,8,10-18H2. The van der Waals surface area contributed by atoms with E-state index in [0.717, 1.165) is 44.9 Å². The van der Waals surface area contributed by atoms with Crippen molar-refractivity contribution in [1.29, 1.82) is 0 Å². The van der Waals surface area contributed by atoms with Gasteiger partial charge >= 0.3 is 0 Å². The molecular formula is C20H38N2O6. The van der Waals surface area contributed by atoms with Gasteiger partial charge in [0.25, 0.3) is 0 Å². The molecule has 0 aromatic rings. The fraction of sp³-hybridized carbons (Fsp3) is 0.800. The monoisotopic (exact) mass is 402 g/mol. The Kier molecular flexibility index (Phi) is 17.9. The molecule has 0 radical (unpaired) electrons. The number of carbonyl (C=O) groups is 2. The minimum Gasteiger partial charge on any atom is -0.395 e. The Morgan fingerprint density at radius 3 is 1.64 bits per heavy atom. The number of carbonyl (C=O) groups excluding carboxylic acids is 2. The van der Waals surface area contributed by atoms with Crippen molar-refractivity contribution in [2.45, 2.75) is 51.4 Å². The number of hydrogen-bond acceptors (Lipinski definition) is 6. The summed E-state index contributed by atoms with van der Waals surface area (Å²) >= 11 is 0. The second-order valence-electron chi connectivity index (χ2n) is 6.66. The third-order valence-corrected chi connectivity index (χ3v) is 4.42. The van der Waals surface area contributed by atoms with Gasteiger partial charge in [0.15, 0.2) is 0 Å². The SMILES string of the molecule is O=C(C=CCCCCCCCCC(=O)N(CCO)CCO)N(CCO)CCO. The number of aliphatic hydroxyl groups excluding tert-OH is 4. The maximum absolute atomic E-state index is 12.0. The van der Waals surface area contributed by atoms with Gasteiger partial charge in [-0.3, -0.25) is 9.59 Å². The van der Waals surface area contributed by atoms with Gasteiger partial charge in [-0.05, 0) is 25.3 Å². The van der Waals surface area contributed by atoms with Crippen molar-refractivity contribution in [2.75, 3.05) is 52.6 Å². The van der Waals surface area contributed by atoms with Gasteiger partial charge < -0.3 is 30.2 Å². The average molecular weight is 403 g/mol. The van der Waals surface area contributed by atoms with Gasteiger partial charge in [0.1, 0.15) is 0 Å². The zero-order valence-corrected chi connectivity index (χ0v) is 17.0. The fourth-order valence-corrected chi connectivity index (χ4v) is 2.87. The summed E-state index contributed by atoms with van der Waals surface area (Å²) in [5, 5.41) is 35.7. The van der Waals surface area contributed by atoms with Crippen LogP contribution in [0.3, 0.4) is 0 Å². The Morgan fingerprint density at radius 2 is 1.11 bits per heavy atom. The van der Waals surface area contributed by atoms with Crippen molar-refractivity contribution in [1.82, 2.24) is 9.80 Å². The van der Waals surface area contributed by atoms with Crippen LogP contribution in [0.4, 0.5) is 0 Å². The van der Waals surface area contributed by atoms with E-state index in [9.17, 15) is 9.59 Å². The van der Waals surface area contributed by atoms with Crippen molar-refractivity contribution < 1.29 is 30.0 Å². The maximum Gasteiger partial charge on any atom is 0.246 e. The van der Waals surface area contributed by atoms with Gasteiger partial charge in [-0.15, -0.1) is 0 Å². The predicted octanol–water partition coefficient (Wildman–Crippen LogP) is 0.290. The minimum atomic E-state index is -0.191. The number of nitrogens with zero attached hydrogens (tertiary/aromatic N) is 2. The van der Waals surface area contributed by atoms with Gasteiger partial charge in [-0.2, -0.15) is 0 Å². The smallest absolute Gasteiger partial charge is 0.246 e. The van der Waals surface area contributed by atoms with Crippen LogP contribution < -0.4 is 0 Å². The van der Waals surface area contributed by atoms with Crippen LogP contribution in [0.15, 0.2) is 12.2 Å². The Labute approximate surface area is 168 Å². The lowest BCUT2D eigenvalue weighted by Crippen LogP contribution is -2.35. The second-order valence-corrected chi connectivity index (χ2v) is 6.66. The van der Waals surface area contributed by atoms with E-state index in [-0.39, 0.29) is 64.4 Å². The van der Waals surface area contributed by atoms with Crippen LogP contribution in [0.2, 0.25) is 0 Å². The molecule has 0 aromatic heterocycles. The van der Waals surface area contributed by atoms with Gasteiger partial charge in [0.05, 0.1) is 26.4 Å². The number of amides is 2. The predicted molar refractivity (Wildman–Crippen MR) is 108 cm³/mol. The summed E-state index contributed by atoms with van der Waals surface area (Å²) in [4.78, 5) is 26.7. The summed E-state index contributed by atoms with van der Waals surface area (Å²) in [6, 6.07) is 0. The van der Waals surface area contributed by atoms with Gasteiger partial charge in [-0.25, -0.2) is 0 Å². The Hall–Kier alpha value is -1.48. The summed E-state index contributed by atoms with van der Waals surface area (Å²) in [6.07, 6.45) is 10.6. The third kappa shape index (κ3) is 13.7. The topological polar surface area (TPSA) is 122 Å². The highest BCUT2D eigenvalue weighted by atomic mass is 16.3. The van der Waals surface area contributed by atoms with Crippen LogP contribution in [0.5, 0.6) is 0 Å². The van der Waals surface area contributed by atoms with Crippen molar-refractivity contribution >= 4 is 11.8 Å². The first-order chi connectivity index (χ1) is 13.6. The van der Waals surface area contributed by atoms with E-state index in [1.54, 1.807) is 0 Å². The normalized spacial score (nSPS) is 11.1. The molecular weight excluding hydrogens is 364 g/mol. The number of allylic oxidation sites excluding steroid dienone is 1. The van der Waals surface area contributed by atoms with E-state index in [4.69, 9.17) is 20.4 Å². The molecule has 0 spiro atoms. The number of hydrogen-bond donors (Lipinski definition) is 4. The summed E-state index contributed by atoms with van der Waals surface area (Å²) < 4.78 is 0. The minimum absolute atomic E-state index is 0.0191. The molecule has 0 saturated carbocycles. The molecule has 8 nitrogen and oxygen atoms in total. The molecule has 0 heterocycles. The van der Waals surface area contributed by atoms with E-state index < -0.39 is 0 Å². The number of rotatable bonds is 18. The third-order valence-electron chi connectivity index (χ3n) is 4.42. The fourth-order valence-electron chi connectivity index (χ4n) is 2.87. The first-order valence-electron chi connectivity index (χ1n) is 10.3. The maximum atomic E-state index is 12.0. The lowest BCUT2D eigenvalue weighted by atomic mass is 10.1. The number of unbranched alkanes of at least 4 members (excludes halogenated alkanes) is 6. The molecule has 0 aliphatic rings. The molecule has 8 heteroatoms. The Bertz CT molecular complexity index is 419. The van der Waals surface area contributed by atoms with Crippen LogP contribution in [-0.2, 0) is 9.59 Å². The lowest BCUT2D eigenvalue weighted by molar-refractivity contribution is -0.132. The van der Waals surface area contributed by atoms with Crippen LogP contribution in [0.1, 0.15) is 51.4 Å². The zero-order chi connectivity index (χ0) is 21.0. The molecule has 0 rings (SSSR count). The quantitative estimate of drug-likeness (QED) is 0.193. The van der Waals surface area contributed by atoms with Crippen LogP contribution in [0.25, 0.3) is 0 Å². The van der Waals surface area contributed by atoms with E-state index in [1.165, 1.54) is 15.9 Å². The first kappa shape index (κ1) is 26.5. The van der Waals surface area contributed by atoms with E-state index >= 15 is 0 Å². The molecule has 0 aliphatic carbocycles. The molecule has 0 saturated heterocycles. The molecule has 0 atom stereocenters. The highest BCUT2D eigenvalue weighted by Gasteiger charge is 2.11. The van der Waals surface area contributed by atoms with Gasteiger partial charge in [-0.1, -0.05) is 31.8 Å². The lowest BCUT2D eigenvalue weighted by Gasteiger charge is -2.20. The van der Waals surface area contributed by atoms with E-state index in [1.807, 2.05) is 6.08 Å². The molecule has 164 valence electrons. The Morgan fingerprint density at radius 1 is 0.643 bits per heavy atom. The number of aliphatic hydroxyl groups is 4. The molecule has 4 N–H and O–H groups in total. The summed E-state index contributed by atoms with van der Waals surface area (Å²) in [7, 11) is 0. The highest BCUT2D eigenvalue weighted by molar-refractivity contribution is 5.87. The first-order valence-corrected chi connectivity index (χ1v) is 10.3.